The fraction of sp³-hybridized carbons (Fsp3) is 0.625. The molecule has 2 N–H and O–H groups in total. The first kappa shape index (κ1) is 23.3. The monoisotopic (exact) mass is 428 g/mol. The van der Waals surface area contributed by atoms with Crippen molar-refractivity contribution in [1.29, 1.82) is 0 Å². The van der Waals surface area contributed by atoms with Gasteiger partial charge in [0.1, 0.15) is 0 Å². The highest BCUT2D eigenvalue weighted by atomic mass is 16.2. The molecule has 2 saturated heterocycles. The van der Waals surface area contributed by atoms with E-state index in [9.17, 15) is 14.4 Å². The van der Waals surface area contributed by atoms with Gasteiger partial charge in [-0.05, 0) is 56.3 Å². The SMILES string of the molecule is CC(=O)N1CCC[C@@H](c2ccccc2CC2(C(N)=O)CCN(CC(=O)N(C)C)CC2)C1. The van der Waals surface area contributed by atoms with Gasteiger partial charge >= 0.3 is 0 Å². The van der Waals surface area contributed by atoms with E-state index in [0.29, 0.717) is 38.9 Å². The molecule has 7 nitrogen and oxygen atoms in total. The van der Waals surface area contributed by atoms with Crippen molar-refractivity contribution in [3.8, 4) is 0 Å². The van der Waals surface area contributed by atoms with E-state index < -0.39 is 5.41 Å². The Kier molecular flexibility index (Phi) is 7.36. The van der Waals surface area contributed by atoms with Crippen LogP contribution in [0.5, 0.6) is 0 Å². The first-order valence-corrected chi connectivity index (χ1v) is 11.3. The molecule has 0 bridgehead atoms. The highest BCUT2D eigenvalue weighted by molar-refractivity contribution is 5.81. The predicted molar refractivity (Wildman–Crippen MR) is 120 cm³/mol. The third kappa shape index (κ3) is 5.45. The first-order valence-electron chi connectivity index (χ1n) is 11.3. The number of carbonyl (C=O) groups is 3. The summed E-state index contributed by atoms with van der Waals surface area (Å²) in [6.45, 7) is 4.93. The predicted octanol–water partition coefficient (Wildman–Crippen LogP) is 1.61. The van der Waals surface area contributed by atoms with Crippen LogP contribution in [0.15, 0.2) is 24.3 Å². The maximum atomic E-state index is 12.6. The molecule has 170 valence electrons. The van der Waals surface area contributed by atoms with Crippen LogP contribution in [0.25, 0.3) is 0 Å². The number of hydrogen-bond donors (Lipinski definition) is 1. The van der Waals surface area contributed by atoms with Crippen LogP contribution in [0.4, 0.5) is 0 Å². The number of carbonyl (C=O) groups excluding carboxylic acids is 3. The van der Waals surface area contributed by atoms with Gasteiger partial charge in [-0.3, -0.25) is 19.3 Å². The number of amides is 3. The van der Waals surface area contributed by atoms with E-state index in [0.717, 1.165) is 31.5 Å². The van der Waals surface area contributed by atoms with E-state index in [1.165, 1.54) is 5.56 Å². The second-order valence-electron chi connectivity index (χ2n) is 9.39. The third-order valence-corrected chi connectivity index (χ3v) is 7.08. The average molecular weight is 429 g/mol. The average Bonchev–Trinajstić information content (AvgIpc) is 2.75. The molecule has 7 heteroatoms. The topological polar surface area (TPSA) is 87.0 Å². The summed E-state index contributed by atoms with van der Waals surface area (Å²) in [5.74, 6) is 0.228. The van der Waals surface area contributed by atoms with Crippen LogP contribution < -0.4 is 5.73 Å². The highest BCUT2D eigenvalue weighted by Crippen LogP contribution is 2.38. The van der Waals surface area contributed by atoms with Crippen molar-refractivity contribution >= 4 is 17.7 Å². The fourth-order valence-corrected chi connectivity index (χ4v) is 4.96. The Morgan fingerprint density at radius 2 is 1.81 bits per heavy atom. The fourth-order valence-electron chi connectivity index (χ4n) is 4.96. The molecule has 0 aromatic heterocycles. The number of nitrogens with two attached hydrogens (primary N) is 1. The molecule has 0 spiro atoms. The van der Waals surface area contributed by atoms with Gasteiger partial charge in [0.2, 0.25) is 17.7 Å². The summed E-state index contributed by atoms with van der Waals surface area (Å²) >= 11 is 0. The summed E-state index contributed by atoms with van der Waals surface area (Å²) in [6, 6.07) is 8.31. The van der Waals surface area contributed by atoms with Crippen molar-refractivity contribution in [2.75, 3.05) is 46.8 Å². The number of rotatable bonds is 6. The number of likely N-dealkylation sites (N-methyl/N-ethyl adjacent to an activating group) is 1. The molecule has 2 fully saturated rings. The van der Waals surface area contributed by atoms with Gasteiger partial charge in [0.15, 0.2) is 0 Å². The van der Waals surface area contributed by atoms with E-state index in [2.05, 4.69) is 17.0 Å². The molecule has 3 amide bonds. The summed E-state index contributed by atoms with van der Waals surface area (Å²) in [4.78, 5) is 42.2. The Balaban J connectivity index is 1.75. The second kappa shape index (κ2) is 9.81. The van der Waals surface area contributed by atoms with Crippen LogP contribution in [-0.2, 0) is 20.8 Å². The molecule has 0 radical (unpaired) electrons. The van der Waals surface area contributed by atoms with E-state index in [-0.39, 0.29) is 23.6 Å². The second-order valence-corrected chi connectivity index (χ2v) is 9.39. The Labute approximate surface area is 185 Å². The molecule has 2 aliphatic rings. The maximum absolute atomic E-state index is 12.6. The number of nitrogens with zero attached hydrogens (tertiary/aromatic N) is 3. The van der Waals surface area contributed by atoms with E-state index in [1.54, 1.807) is 25.9 Å². The standard InChI is InChI=1S/C24H36N4O3/c1-18(29)28-12-6-8-20(16-28)21-9-5-4-7-19(21)15-24(23(25)31)10-13-27(14-11-24)17-22(30)26(2)3/h4-5,7,9,20H,6,8,10-17H2,1-3H3,(H2,25,31)/t20-/m1/s1. The lowest BCUT2D eigenvalue weighted by Gasteiger charge is -2.40. The largest absolute Gasteiger partial charge is 0.369 e. The lowest BCUT2D eigenvalue weighted by atomic mass is 9.71. The normalized spacial score (nSPS) is 21.5. The summed E-state index contributed by atoms with van der Waals surface area (Å²) in [5.41, 5.74) is 7.75. The minimum absolute atomic E-state index is 0.0734. The van der Waals surface area contributed by atoms with Crippen LogP contribution in [0.3, 0.4) is 0 Å². The molecule has 2 aliphatic heterocycles. The Morgan fingerprint density at radius 3 is 2.42 bits per heavy atom. The van der Waals surface area contributed by atoms with Crippen LogP contribution in [0.1, 0.15) is 49.7 Å². The van der Waals surface area contributed by atoms with Crippen molar-refractivity contribution in [3.63, 3.8) is 0 Å². The maximum Gasteiger partial charge on any atom is 0.236 e. The van der Waals surface area contributed by atoms with Gasteiger partial charge in [0.25, 0.3) is 0 Å². The van der Waals surface area contributed by atoms with Crippen LogP contribution in [-0.4, -0.2) is 79.2 Å². The number of primary amides is 1. The van der Waals surface area contributed by atoms with Gasteiger partial charge in [0, 0.05) is 40.0 Å². The minimum atomic E-state index is -0.595. The third-order valence-electron chi connectivity index (χ3n) is 7.08. The van der Waals surface area contributed by atoms with Crippen molar-refractivity contribution < 1.29 is 14.4 Å². The van der Waals surface area contributed by atoms with E-state index in [1.807, 2.05) is 17.0 Å². The lowest BCUT2D eigenvalue weighted by molar-refractivity contribution is -0.133. The number of hydrogen-bond acceptors (Lipinski definition) is 4. The summed E-state index contributed by atoms with van der Waals surface area (Å²) in [5, 5.41) is 0. The number of likely N-dealkylation sites (tertiary alicyclic amines) is 2. The van der Waals surface area contributed by atoms with Crippen molar-refractivity contribution in [2.24, 2.45) is 11.1 Å². The van der Waals surface area contributed by atoms with Crippen LogP contribution >= 0.6 is 0 Å². The lowest BCUT2D eigenvalue weighted by Crippen LogP contribution is -2.50. The molecule has 1 atom stereocenters. The number of benzene rings is 1. The van der Waals surface area contributed by atoms with Gasteiger partial charge in [-0.2, -0.15) is 0 Å². The van der Waals surface area contributed by atoms with E-state index >= 15 is 0 Å². The molecule has 31 heavy (non-hydrogen) atoms. The number of piperidine rings is 2. The molecular formula is C24H36N4O3. The minimum Gasteiger partial charge on any atom is -0.369 e. The quantitative estimate of drug-likeness (QED) is 0.746. The summed E-state index contributed by atoms with van der Waals surface area (Å²) < 4.78 is 0. The zero-order valence-corrected chi connectivity index (χ0v) is 19.1. The highest BCUT2D eigenvalue weighted by Gasteiger charge is 2.41. The molecule has 0 aliphatic carbocycles. The zero-order chi connectivity index (χ0) is 22.6. The molecule has 2 heterocycles. The van der Waals surface area contributed by atoms with Gasteiger partial charge < -0.3 is 15.5 Å². The first-order chi connectivity index (χ1) is 14.7. The molecule has 0 saturated carbocycles. The zero-order valence-electron chi connectivity index (χ0n) is 19.1. The Morgan fingerprint density at radius 1 is 1.13 bits per heavy atom. The van der Waals surface area contributed by atoms with Gasteiger partial charge in [-0.25, -0.2) is 0 Å². The van der Waals surface area contributed by atoms with Crippen molar-refractivity contribution in [3.05, 3.63) is 35.4 Å². The van der Waals surface area contributed by atoms with Crippen LogP contribution in [0.2, 0.25) is 0 Å². The summed E-state index contributed by atoms with van der Waals surface area (Å²) in [6.07, 6.45) is 3.97. The van der Waals surface area contributed by atoms with Gasteiger partial charge in [0.05, 0.1) is 12.0 Å². The molecular weight excluding hydrogens is 392 g/mol. The van der Waals surface area contributed by atoms with Crippen molar-refractivity contribution in [1.82, 2.24) is 14.7 Å². The van der Waals surface area contributed by atoms with Crippen molar-refractivity contribution in [2.45, 2.75) is 44.9 Å². The molecule has 1 aromatic carbocycles. The Bertz CT molecular complexity index is 815. The van der Waals surface area contributed by atoms with E-state index in [4.69, 9.17) is 5.73 Å². The molecule has 0 unspecified atom stereocenters. The molecule has 1 aromatic rings. The molecule has 3 rings (SSSR count). The van der Waals surface area contributed by atoms with Crippen LogP contribution in [0, 0.1) is 5.41 Å². The Hall–Kier alpha value is -2.41. The summed E-state index contributed by atoms with van der Waals surface area (Å²) in [7, 11) is 3.52. The van der Waals surface area contributed by atoms with Gasteiger partial charge in [-0.15, -0.1) is 0 Å². The van der Waals surface area contributed by atoms with Gasteiger partial charge in [-0.1, -0.05) is 24.3 Å². The smallest absolute Gasteiger partial charge is 0.236 e.